The molecule has 0 saturated carbocycles. The van der Waals surface area contributed by atoms with Crippen molar-refractivity contribution in [3.05, 3.63) is 29.8 Å². The molecule has 0 aliphatic carbocycles. The zero-order valence-corrected chi connectivity index (χ0v) is 16.5. The lowest BCUT2D eigenvalue weighted by Crippen LogP contribution is -2.42. The van der Waals surface area contributed by atoms with E-state index in [0.717, 1.165) is 24.4 Å². The van der Waals surface area contributed by atoms with Gasteiger partial charge in [0.2, 0.25) is 11.8 Å². The van der Waals surface area contributed by atoms with Crippen LogP contribution >= 0.6 is 24.8 Å². The number of halogens is 2. The molecule has 1 aliphatic heterocycles. The maximum atomic E-state index is 11.9. The van der Waals surface area contributed by atoms with Gasteiger partial charge in [0.05, 0.1) is 26.2 Å². The molecule has 1 fully saturated rings. The van der Waals surface area contributed by atoms with E-state index in [-0.39, 0.29) is 55.8 Å². The van der Waals surface area contributed by atoms with E-state index in [1.165, 1.54) is 12.8 Å². The van der Waals surface area contributed by atoms with Crippen LogP contribution in [0.15, 0.2) is 24.3 Å². The van der Waals surface area contributed by atoms with Crippen LogP contribution in [0.2, 0.25) is 0 Å². The zero-order valence-electron chi connectivity index (χ0n) is 14.9. The summed E-state index contributed by atoms with van der Waals surface area (Å²) in [6.07, 6.45) is 2.34. The van der Waals surface area contributed by atoms with Crippen LogP contribution in [-0.2, 0) is 9.59 Å². The van der Waals surface area contributed by atoms with Crippen LogP contribution in [0.1, 0.15) is 24.4 Å². The highest BCUT2D eigenvalue weighted by atomic mass is 35.5. The fourth-order valence-electron chi connectivity index (χ4n) is 2.88. The van der Waals surface area contributed by atoms with Crippen LogP contribution in [0.5, 0.6) is 5.75 Å². The predicted octanol–water partition coefficient (Wildman–Crippen LogP) is 0.867. The van der Waals surface area contributed by atoms with Gasteiger partial charge in [-0.15, -0.1) is 24.8 Å². The Morgan fingerprint density at radius 3 is 2.50 bits per heavy atom. The molecule has 1 aliphatic rings. The van der Waals surface area contributed by atoms with Crippen molar-refractivity contribution in [1.29, 1.82) is 0 Å². The first kappa shape index (κ1) is 24.5. The number of benzene rings is 1. The summed E-state index contributed by atoms with van der Waals surface area (Å²) < 4.78 is 5.31. The largest absolute Gasteiger partial charge is 0.497 e. The van der Waals surface area contributed by atoms with Crippen molar-refractivity contribution >= 4 is 36.6 Å². The third-order valence-corrected chi connectivity index (χ3v) is 4.18. The summed E-state index contributed by atoms with van der Waals surface area (Å²) in [5, 5.41) is 5.37. The Balaban J connectivity index is 0.00000312. The topological polar surface area (TPSA) is 96.7 Å². The van der Waals surface area contributed by atoms with Gasteiger partial charge in [0, 0.05) is 6.54 Å². The fraction of sp³-hybridized carbons (Fsp3) is 0.529. The summed E-state index contributed by atoms with van der Waals surface area (Å²) in [7, 11) is 1.64. The summed E-state index contributed by atoms with van der Waals surface area (Å²) in [5.74, 6) is 0.246. The first-order chi connectivity index (χ1) is 11.6. The van der Waals surface area contributed by atoms with Crippen LogP contribution in [0.4, 0.5) is 0 Å². The Morgan fingerprint density at radius 1 is 1.19 bits per heavy atom. The second kappa shape index (κ2) is 12.8. The summed E-state index contributed by atoms with van der Waals surface area (Å²) >= 11 is 0. The van der Waals surface area contributed by atoms with Gasteiger partial charge in [-0.2, -0.15) is 0 Å². The van der Waals surface area contributed by atoms with Gasteiger partial charge in [-0.05, 0) is 43.6 Å². The molecule has 1 atom stereocenters. The first-order valence-corrected chi connectivity index (χ1v) is 8.25. The van der Waals surface area contributed by atoms with Crippen LogP contribution in [-0.4, -0.2) is 56.5 Å². The Labute approximate surface area is 166 Å². The standard InChI is InChI=1S/C17H26N4O3.2ClH/c1-24-14-6-4-5-13(9-14)15(21-7-2-3-8-21)11-19-17(23)12-20-16(22)10-18;;/h4-6,9,15H,2-3,7-8,10-12,18H2,1H3,(H,19,23)(H,20,22);2*1H. The number of likely N-dealkylation sites (tertiary alicyclic amines) is 1. The van der Waals surface area contributed by atoms with Crippen molar-refractivity contribution < 1.29 is 14.3 Å². The molecular formula is C17H28Cl2N4O3. The molecule has 2 rings (SSSR count). The second-order valence-electron chi connectivity index (χ2n) is 5.82. The average molecular weight is 407 g/mol. The number of hydrogen-bond donors (Lipinski definition) is 3. The third-order valence-electron chi connectivity index (χ3n) is 4.18. The number of carbonyl (C=O) groups is 2. The molecule has 1 aromatic rings. The zero-order chi connectivity index (χ0) is 17.4. The van der Waals surface area contributed by atoms with E-state index in [1.807, 2.05) is 24.3 Å². The second-order valence-corrected chi connectivity index (χ2v) is 5.82. The normalized spacial score (nSPS) is 14.5. The number of rotatable bonds is 8. The van der Waals surface area contributed by atoms with Gasteiger partial charge in [-0.3, -0.25) is 14.5 Å². The van der Waals surface area contributed by atoms with Gasteiger partial charge in [-0.1, -0.05) is 12.1 Å². The summed E-state index contributed by atoms with van der Waals surface area (Å²) in [5.41, 5.74) is 6.32. The van der Waals surface area contributed by atoms with Gasteiger partial charge in [0.1, 0.15) is 5.75 Å². The van der Waals surface area contributed by atoms with Crippen molar-refractivity contribution in [2.24, 2.45) is 5.73 Å². The number of methoxy groups -OCH3 is 1. The molecule has 2 amide bonds. The number of ether oxygens (including phenoxy) is 1. The quantitative estimate of drug-likeness (QED) is 0.594. The first-order valence-electron chi connectivity index (χ1n) is 8.25. The van der Waals surface area contributed by atoms with E-state index in [9.17, 15) is 9.59 Å². The van der Waals surface area contributed by atoms with E-state index in [1.54, 1.807) is 7.11 Å². The highest BCUT2D eigenvalue weighted by Gasteiger charge is 2.24. The molecule has 0 bridgehead atoms. The highest BCUT2D eigenvalue weighted by Crippen LogP contribution is 2.27. The van der Waals surface area contributed by atoms with Crippen molar-refractivity contribution in [3.8, 4) is 5.75 Å². The lowest BCUT2D eigenvalue weighted by atomic mass is 10.0. The molecule has 7 nitrogen and oxygen atoms in total. The maximum Gasteiger partial charge on any atom is 0.239 e. The molecule has 148 valence electrons. The Bertz CT molecular complexity index is 569. The molecular weight excluding hydrogens is 379 g/mol. The third kappa shape index (κ3) is 7.37. The molecule has 0 radical (unpaired) electrons. The molecule has 1 unspecified atom stereocenters. The highest BCUT2D eigenvalue weighted by molar-refractivity contribution is 5.86. The summed E-state index contributed by atoms with van der Waals surface area (Å²) in [4.78, 5) is 25.4. The van der Waals surface area contributed by atoms with E-state index in [0.29, 0.717) is 6.54 Å². The molecule has 1 saturated heterocycles. The van der Waals surface area contributed by atoms with E-state index >= 15 is 0 Å². The van der Waals surface area contributed by atoms with Crippen LogP contribution in [0.25, 0.3) is 0 Å². The van der Waals surface area contributed by atoms with Gasteiger partial charge in [0.15, 0.2) is 0 Å². The number of nitrogens with one attached hydrogen (secondary N) is 2. The van der Waals surface area contributed by atoms with Gasteiger partial charge in [-0.25, -0.2) is 0 Å². The number of nitrogens with two attached hydrogens (primary N) is 1. The number of amides is 2. The van der Waals surface area contributed by atoms with Crippen molar-refractivity contribution in [2.75, 3.05) is 39.8 Å². The molecule has 4 N–H and O–H groups in total. The van der Waals surface area contributed by atoms with Crippen molar-refractivity contribution in [3.63, 3.8) is 0 Å². The Morgan fingerprint density at radius 2 is 1.88 bits per heavy atom. The number of nitrogens with zero attached hydrogens (tertiary/aromatic N) is 1. The predicted molar refractivity (Wildman–Crippen MR) is 106 cm³/mol. The van der Waals surface area contributed by atoms with E-state index < -0.39 is 0 Å². The lowest BCUT2D eigenvalue weighted by molar-refractivity contribution is -0.125. The number of carbonyl (C=O) groups excluding carboxylic acids is 2. The Kier molecular flexibility index (Phi) is 12.0. The van der Waals surface area contributed by atoms with E-state index in [4.69, 9.17) is 10.5 Å². The molecule has 1 heterocycles. The van der Waals surface area contributed by atoms with Gasteiger partial charge < -0.3 is 21.1 Å². The maximum absolute atomic E-state index is 11.9. The molecule has 1 aromatic carbocycles. The molecule has 26 heavy (non-hydrogen) atoms. The van der Waals surface area contributed by atoms with Crippen molar-refractivity contribution in [2.45, 2.75) is 18.9 Å². The molecule has 9 heteroatoms. The lowest BCUT2D eigenvalue weighted by Gasteiger charge is -2.28. The molecule has 0 spiro atoms. The van der Waals surface area contributed by atoms with Gasteiger partial charge >= 0.3 is 0 Å². The van der Waals surface area contributed by atoms with E-state index in [2.05, 4.69) is 15.5 Å². The smallest absolute Gasteiger partial charge is 0.239 e. The van der Waals surface area contributed by atoms with Crippen molar-refractivity contribution in [1.82, 2.24) is 15.5 Å². The van der Waals surface area contributed by atoms with Gasteiger partial charge in [0.25, 0.3) is 0 Å². The molecule has 0 aromatic heterocycles. The number of hydrogen-bond acceptors (Lipinski definition) is 5. The van der Waals surface area contributed by atoms with Crippen LogP contribution in [0.3, 0.4) is 0 Å². The van der Waals surface area contributed by atoms with Crippen LogP contribution < -0.4 is 21.1 Å². The summed E-state index contributed by atoms with van der Waals surface area (Å²) in [6, 6.07) is 8.02. The SMILES string of the molecule is COc1cccc(C(CNC(=O)CNC(=O)CN)N2CCCC2)c1.Cl.Cl. The minimum absolute atomic E-state index is 0. The fourth-order valence-corrected chi connectivity index (χ4v) is 2.88. The minimum Gasteiger partial charge on any atom is -0.497 e. The Hall–Kier alpha value is -1.54. The van der Waals surface area contributed by atoms with Crippen LogP contribution in [0, 0.1) is 0 Å². The monoisotopic (exact) mass is 406 g/mol. The minimum atomic E-state index is -0.339. The summed E-state index contributed by atoms with van der Waals surface area (Å²) in [6.45, 7) is 2.35. The average Bonchev–Trinajstić information content (AvgIpc) is 3.14.